The third-order valence-electron chi connectivity index (χ3n) is 2.55. The van der Waals surface area contributed by atoms with Crippen LogP contribution < -0.4 is 10.1 Å². The molecule has 1 fully saturated rings. The summed E-state index contributed by atoms with van der Waals surface area (Å²) in [6, 6.07) is 6.51. The van der Waals surface area contributed by atoms with E-state index in [4.69, 9.17) is 4.74 Å². The number of benzene rings is 1. The maximum Gasteiger partial charge on any atom is 0.337 e. The molecule has 1 amide bonds. The van der Waals surface area contributed by atoms with Gasteiger partial charge in [0, 0.05) is 13.0 Å². The van der Waals surface area contributed by atoms with Crippen LogP contribution in [0.15, 0.2) is 24.3 Å². The van der Waals surface area contributed by atoms with Gasteiger partial charge in [-0.1, -0.05) is 0 Å². The smallest absolute Gasteiger partial charge is 0.337 e. The van der Waals surface area contributed by atoms with Crippen molar-refractivity contribution in [1.82, 2.24) is 5.32 Å². The van der Waals surface area contributed by atoms with Gasteiger partial charge in [0.15, 0.2) is 6.10 Å². The van der Waals surface area contributed by atoms with E-state index in [1.165, 1.54) is 7.11 Å². The molecule has 5 nitrogen and oxygen atoms in total. The Morgan fingerprint density at radius 3 is 2.59 bits per heavy atom. The van der Waals surface area contributed by atoms with Crippen LogP contribution in [0.25, 0.3) is 0 Å². The summed E-state index contributed by atoms with van der Waals surface area (Å²) in [5.41, 5.74) is 0.454. The van der Waals surface area contributed by atoms with E-state index in [0.717, 1.165) is 0 Å². The number of hydrogen-bond donors (Lipinski definition) is 1. The second-order valence-corrected chi connectivity index (χ2v) is 3.70. The van der Waals surface area contributed by atoms with Gasteiger partial charge in [0.1, 0.15) is 5.75 Å². The number of esters is 1. The molecule has 0 aromatic heterocycles. The van der Waals surface area contributed by atoms with Gasteiger partial charge in [-0.15, -0.1) is 0 Å². The van der Waals surface area contributed by atoms with Crippen molar-refractivity contribution < 1.29 is 19.1 Å². The molecular formula is C12H13NO4. The van der Waals surface area contributed by atoms with Gasteiger partial charge in [-0.2, -0.15) is 0 Å². The van der Waals surface area contributed by atoms with E-state index in [1.54, 1.807) is 24.3 Å². The van der Waals surface area contributed by atoms with Crippen molar-refractivity contribution in [3.8, 4) is 5.75 Å². The molecule has 0 saturated carbocycles. The van der Waals surface area contributed by atoms with Crippen molar-refractivity contribution in [2.45, 2.75) is 12.5 Å². The van der Waals surface area contributed by atoms with Crippen LogP contribution >= 0.6 is 0 Å². The number of amides is 1. The first-order chi connectivity index (χ1) is 8.20. The molecule has 5 heteroatoms. The lowest BCUT2D eigenvalue weighted by atomic mass is 10.2. The van der Waals surface area contributed by atoms with E-state index in [9.17, 15) is 9.59 Å². The Morgan fingerprint density at radius 2 is 2.06 bits per heavy atom. The molecule has 1 aliphatic rings. The summed E-state index contributed by atoms with van der Waals surface area (Å²) >= 11 is 0. The molecule has 1 aromatic carbocycles. The molecule has 17 heavy (non-hydrogen) atoms. The van der Waals surface area contributed by atoms with Crippen LogP contribution in [0.4, 0.5) is 0 Å². The van der Waals surface area contributed by atoms with Crippen molar-refractivity contribution in [3.63, 3.8) is 0 Å². The number of nitrogens with one attached hydrogen (secondary N) is 1. The zero-order valence-corrected chi connectivity index (χ0v) is 9.43. The van der Waals surface area contributed by atoms with Crippen molar-refractivity contribution in [3.05, 3.63) is 29.8 Å². The van der Waals surface area contributed by atoms with E-state index in [-0.39, 0.29) is 5.91 Å². The summed E-state index contributed by atoms with van der Waals surface area (Å²) in [5, 5.41) is 2.69. The maximum atomic E-state index is 11.3. The lowest BCUT2D eigenvalue weighted by Gasteiger charge is -2.10. The van der Waals surface area contributed by atoms with Gasteiger partial charge >= 0.3 is 5.97 Å². The molecule has 1 N–H and O–H groups in total. The minimum atomic E-state index is -0.432. The number of methoxy groups -OCH3 is 1. The van der Waals surface area contributed by atoms with Crippen LogP contribution in [0.1, 0.15) is 16.8 Å². The van der Waals surface area contributed by atoms with Crippen LogP contribution in [0.2, 0.25) is 0 Å². The van der Waals surface area contributed by atoms with Crippen LogP contribution in [0.3, 0.4) is 0 Å². The lowest BCUT2D eigenvalue weighted by molar-refractivity contribution is -0.124. The van der Waals surface area contributed by atoms with Crippen LogP contribution in [-0.4, -0.2) is 31.6 Å². The Hall–Kier alpha value is -2.04. The summed E-state index contributed by atoms with van der Waals surface area (Å²) in [6.07, 6.45) is 0.233. The highest BCUT2D eigenvalue weighted by Gasteiger charge is 2.25. The molecule has 0 aliphatic carbocycles. The van der Waals surface area contributed by atoms with Crippen molar-refractivity contribution >= 4 is 11.9 Å². The van der Waals surface area contributed by atoms with Crippen molar-refractivity contribution in [1.29, 1.82) is 0 Å². The van der Waals surface area contributed by atoms with Gasteiger partial charge in [0.2, 0.25) is 0 Å². The highest BCUT2D eigenvalue weighted by Crippen LogP contribution is 2.17. The van der Waals surface area contributed by atoms with Gasteiger partial charge in [-0.3, -0.25) is 4.79 Å². The van der Waals surface area contributed by atoms with Gasteiger partial charge in [-0.05, 0) is 24.3 Å². The first-order valence-electron chi connectivity index (χ1n) is 5.33. The Labute approximate surface area is 98.7 Å². The zero-order valence-electron chi connectivity index (χ0n) is 9.43. The Morgan fingerprint density at radius 1 is 1.35 bits per heavy atom. The predicted molar refractivity (Wildman–Crippen MR) is 59.8 cm³/mol. The quantitative estimate of drug-likeness (QED) is 0.785. The number of carbonyl (C=O) groups is 2. The molecule has 0 unspecified atom stereocenters. The second kappa shape index (κ2) is 4.86. The first-order valence-corrected chi connectivity index (χ1v) is 5.33. The van der Waals surface area contributed by atoms with E-state index >= 15 is 0 Å². The third-order valence-corrected chi connectivity index (χ3v) is 2.55. The Balaban J connectivity index is 2.03. The van der Waals surface area contributed by atoms with Gasteiger partial charge in [0.25, 0.3) is 5.91 Å². The van der Waals surface area contributed by atoms with Crippen molar-refractivity contribution in [2.24, 2.45) is 0 Å². The monoisotopic (exact) mass is 235 g/mol. The number of rotatable bonds is 3. The maximum absolute atomic E-state index is 11.3. The summed E-state index contributed by atoms with van der Waals surface area (Å²) < 4.78 is 10.1. The Kier molecular flexibility index (Phi) is 3.27. The van der Waals surface area contributed by atoms with Gasteiger partial charge in [0.05, 0.1) is 12.7 Å². The SMILES string of the molecule is COC(=O)c1ccc(O[C@@H]2CCNC2=O)cc1. The fourth-order valence-electron chi connectivity index (χ4n) is 1.64. The van der Waals surface area contributed by atoms with E-state index in [2.05, 4.69) is 10.1 Å². The molecule has 90 valence electrons. The average Bonchev–Trinajstić information content (AvgIpc) is 2.75. The predicted octanol–water partition coefficient (Wildman–Crippen LogP) is 0.740. The van der Waals surface area contributed by atoms with Gasteiger partial charge < -0.3 is 14.8 Å². The van der Waals surface area contributed by atoms with Crippen LogP contribution in [0.5, 0.6) is 5.75 Å². The van der Waals surface area contributed by atoms with Crippen LogP contribution in [-0.2, 0) is 9.53 Å². The molecule has 1 heterocycles. The fourth-order valence-corrected chi connectivity index (χ4v) is 1.64. The van der Waals surface area contributed by atoms with Gasteiger partial charge in [-0.25, -0.2) is 4.79 Å². The zero-order chi connectivity index (χ0) is 12.3. The lowest BCUT2D eigenvalue weighted by Crippen LogP contribution is -2.27. The largest absolute Gasteiger partial charge is 0.481 e. The van der Waals surface area contributed by atoms with E-state index in [1.807, 2.05) is 0 Å². The molecule has 1 aliphatic heterocycles. The molecule has 0 spiro atoms. The second-order valence-electron chi connectivity index (χ2n) is 3.70. The minimum absolute atomic E-state index is 0.0953. The standard InChI is InChI=1S/C12H13NO4/c1-16-12(15)8-2-4-9(5-3-8)17-10-6-7-13-11(10)14/h2-5,10H,6-7H2,1H3,(H,13,14)/t10-/m1/s1. The topological polar surface area (TPSA) is 64.6 Å². The molecule has 1 saturated heterocycles. The van der Waals surface area contributed by atoms with E-state index < -0.39 is 12.1 Å². The highest BCUT2D eigenvalue weighted by atomic mass is 16.5. The van der Waals surface area contributed by atoms with Crippen molar-refractivity contribution in [2.75, 3.05) is 13.7 Å². The molecule has 0 radical (unpaired) electrons. The summed E-state index contributed by atoms with van der Waals surface area (Å²) in [4.78, 5) is 22.5. The highest BCUT2D eigenvalue weighted by molar-refractivity contribution is 5.89. The van der Waals surface area contributed by atoms with E-state index in [0.29, 0.717) is 24.3 Å². The van der Waals surface area contributed by atoms with Crippen LogP contribution in [0, 0.1) is 0 Å². The summed E-state index contributed by atoms with van der Waals surface area (Å²) in [7, 11) is 1.33. The fraction of sp³-hybridized carbons (Fsp3) is 0.333. The number of hydrogen-bond acceptors (Lipinski definition) is 4. The average molecular weight is 235 g/mol. The summed E-state index contributed by atoms with van der Waals surface area (Å²) in [6.45, 7) is 0.643. The molecule has 1 aromatic rings. The molecular weight excluding hydrogens is 222 g/mol. The molecule has 2 rings (SSSR count). The third kappa shape index (κ3) is 2.55. The Bertz CT molecular complexity index is 427. The minimum Gasteiger partial charge on any atom is -0.481 e. The molecule has 0 bridgehead atoms. The molecule has 1 atom stereocenters. The summed E-state index contributed by atoms with van der Waals surface area (Å²) in [5.74, 6) is 0.0805. The number of ether oxygens (including phenoxy) is 2. The number of carbonyl (C=O) groups excluding carboxylic acids is 2. The normalized spacial score (nSPS) is 18.6. The first kappa shape index (κ1) is 11.4.